The summed E-state index contributed by atoms with van der Waals surface area (Å²) in [4.78, 5) is 11.9. The zero-order valence-corrected chi connectivity index (χ0v) is 12.7. The zero-order chi connectivity index (χ0) is 13.5. The number of ether oxygens (including phenoxy) is 1. The van der Waals surface area contributed by atoms with Gasteiger partial charge in [0.1, 0.15) is 0 Å². The molecule has 112 valence electrons. The Morgan fingerprint density at radius 2 is 2.00 bits per heavy atom. The molecule has 1 aliphatic heterocycles. The summed E-state index contributed by atoms with van der Waals surface area (Å²) in [6, 6.07) is 8.11. The molecule has 0 aliphatic carbocycles. The second kappa shape index (κ2) is 8.95. The van der Waals surface area contributed by atoms with Gasteiger partial charge in [-0.15, -0.1) is 12.4 Å². The Labute approximate surface area is 126 Å². The summed E-state index contributed by atoms with van der Waals surface area (Å²) in [6.45, 7) is 2.16. The second-order valence-corrected chi connectivity index (χ2v) is 4.97. The van der Waals surface area contributed by atoms with Crippen molar-refractivity contribution in [2.75, 3.05) is 13.7 Å². The van der Waals surface area contributed by atoms with E-state index < -0.39 is 0 Å². The molecule has 2 N–H and O–H groups in total. The fourth-order valence-electron chi connectivity index (χ4n) is 2.31. The maximum absolute atomic E-state index is 11.9. The van der Waals surface area contributed by atoms with Crippen molar-refractivity contribution in [3.63, 3.8) is 0 Å². The Bertz CT molecular complexity index is 403. The van der Waals surface area contributed by atoms with Crippen LogP contribution in [-0.2, 0) is 22.7 Å². The van der Waals surface area contributed by atoms with Crippen LogP contribution in [0.5, 0.6) is 0 Å². The van der Waals surface area contributed by atoms with E-state index in [0.29, 0.717) is 13.2 Å². The topological polar surface area (TPSA) is 50.4 Å². The van der Waals surface area contributed by atoms with Crippen molar-refractivity contribution in [1.29, 1.82) is 0 Å². The van der Waals surface area contributed by atoms with Crippen molar-refractivity contribution in [3.8, 4) is 0 Å². The molecule has 0 radical (unpaired) electrons. The molecule has 1 aromatic carbocycles. The molecule has 5 heteroatoms. The number of carbonyl (C=O) groups is 1. The molecule has 1 aliphatic rings. The predicted octanol–water partition coefficient (Wildman–Crippen LogP) is 2.01. The van der Waals surface area contributed by atoms with Crippen molar-refractivity contribution in [1.82, 2.24) is 10.6 Å². The number of nitrogens with one attached hydrogen (secondary N) is 2. The lowest BCUT2D eigenvalue weighted by Crippen LogP contribution is -2.46. The summed E-state index contributed by atoms with van der Waals surface area (Å²) in [5.41, 5.74) is 2.26. The fraction of sp³-hybridized carbons (Fsp3) is 0.533. The minimum absolute atomic E-state index is 0. The van der Waals surface area contributed by atoms with E-state index in [1.165, 1.54) is 6.42 Å². The Kier molecular flexibility index (Phi) is 7.59. The van der Waals surface area contributed by atoms with Crippen LogP contribution < -0.4 is 10.6 Å². The number of hydrogen-bond donors (Lipinski definition) is 2. The molecule has 1 atom stereocenters. The van der Waals surface area contributed by atoms with E-state index in [1.807, 2.05) is 24.3 Å². The van der Waals surface area contributed by atoms with E-state index in [-0.39, 0.29) is 24.4 Å². The minimum Gasteiger partial charge on any atom is -0.380 e. The van der Waals surface area contributed by atoms with Gasteiger partial charge in [-0.25, -0.2) is 0 Å². The quantitative estimate of drug-likeness (QED) is 0.874. The van der Waals surface area contributed by atoms with Gasteiger partial charge >= 0.3 is 0 Å². The van der Waals surface area contributed by atoms with Crippen LogP contribution in [0.1, 0.15) is 30.4 Å². The number of piperidine rings is 1. The third kappa shape index (κ3) is 5.12. The molecule has 20 heavy (non-hydrogen) atoms. The van der Waals surface area contributed by atoms with Crippen molar-refractivity contribution in [3.05, 3.63) is 35.4 Å². The van der Waals surface area contributed by atoms with Gasteiger partial charge in [0, 0.05) is 13.7 Å². The molecule has 1 unspecified atom stereocenters. The van der Waals surface area contributed by atoms with Crippen LogP contribution in [0, 0.1) is 0 Å². The second-order valence-electron chi connectivity index (χ2n) is 4.97. The lowest BCUT2D eigenvalue weighted by atomic mass is 10.0. The minimum atomic E-state index is -0.0125. The molecular formula is C15H23ClN2O2. The van der Waals surface area contributed by atoms with Gasteiger partial charge in [0.05, 0.1) is 12.6 Å². The fourth-order valence-corrected chi connectivity index (χ4v) is 2.31. The molecule has 1 heterocycles. The van der Waals surface area contributed by atoms with E-state index in [4.69, 9.17) is 4.74 Å². The monoisotopic (exact) mass is 298 g/mol. The first-order chi connectivity index (χ1) is 9.29. The van der Waals surface area contributed by atoms with Crippen LogP contribution in [0.2, 0.25) is 0 Å². The van der Waals surface area contributed by atoms with Crippen LogP contribution in [-0.4, -0.2) is 25.6 Å². The van der Waals surface area contributed by atoms with Gasteiger partial charge in [0.25, 0.3) is 0 Å². The molecule has 0 spiro atoms. The van der Waals surface area contributed by atoms with Crippen molar-refractivity contribution < 1.29 is 9.53 Å². The Hall–Kier alpha value is -1.10. The number of methoxy groups -OCH3 is 1. The number of rotatable bonds is 5. The van der Waals surface area contributed by atoms with Gasteiger partial charge in [0.15, 0.2) is 0 Å². The summed E-state index contributed by atoms with van der Waals surface area (Å²) >= 11 is 0. The number of amides is 1. The highest BCUT2D eigenvalue weighted by Gasteiger charge is 2.19. The van der Waals surface area contributed by atoms with Crippen LogP contribution in [0.3, 0.4) is 0 Å². The van der Waals surface area contributed by atoms with Crippen molar-refractivity contribution >= 4 is 18.3 Å². The molecule has 4 nitrogen and oxygen atoms in total. The standard InChI is InChI=1S/C15H22N2O2.ClH/c1-19-11-13-7-5-12(6-8-13)10-17-15(18)14-4-2-3-9-16-14;/h5-8,14,16H,2-4,9-11H2,1H3,(H,17,18);1H. The number of halogens is 1. The SMILES string of the molecule is COCc1ccc(CNC(=O)C2CCCCN2)cc1.Cl. The first kappa shape index (κ1) is 17.0. The molecule has 2 rings (SSSR count). The highest BCUT2D eigenvalue weighted by atomic mass is 35.5. The van der Waals surface area contributed by atoms with E-state index >= 15 is 0 Å². The maximum atomic E-state index is 11.9. The molecule has 1 saturated heterocycles. The lowest BCUT2D eigenvalue weighted by Gasteiger charge is -2.22. The van der Waals surface area contributed by atoms with Crippen molar-refractivity contribution in [2.45, 2.75) is 38.5 Å². The normalized spacial score (nSPS) is 18.1. The molecule has 1 amide bonds. The molecule has 0 aromatic heterocycles. The van der Waals surface area contributed by atoms with E-state index in [0.717, 1.165) is 30.5 Å². The molecule has 0 saturated carbocycles. The number of hydrogen-bond acceptors (Lipinski definition) is 3. The van der Waals surface area contributed by atoms with E-state index in [2.05, 4.69) is 10.6 Å². The Morgan fingerprint density at radius 1 is 1.30 bits per heavy atom. The van der Waals surface area contributed by atoms with Crippen molar-refractivity contribution in [2.24, 2.45) is 0 Å². The summed E-state index contributed by atoms with van der Waals surface area (Å²) in [6.07, 6.45) is 3.25. The lowest BCUT2D eigenvalue weighted by molar-refractivity contribution is -0.123. The summed E-state index contributed by atoms with van der Waals surface area (Å²) in [5, 5.41) is 6.24. The highest BCUT2D eigenvalue weighted by Crippen LogP contribution is 2.08. The first-order valence-corrected chi connectivity index (χ1v) is 6.87. The Morgan fingerprint density at radius 3 is 2.60 bits per heavy atom. The van der Waals surface area contributed by atoms with Gasteiger partial charge in [-0.1, -0.05) is 30.7 Å². The van der Waals surface area contributed by atoms with Gasteiger partial charge < -0.3 is 15.4 Å². The maximum Gasteiger partial charge on any atom is 0.237 e. The van der Waals surface area contributed by atoms with Gasteiger partial charge in [-0.05, 0) is 30.5 Å². The first-order valence-electron chi connectivity index (χ1n) is 6.87. The van der Waals surface area contributed by atoms with Gasteiger partial charge in [-0.2, -0.15) is 0 Å². The smallest absolute Gasteiger partial charge is 0.237 e. The third-order valence-electron chi connectivity index (χ3n) is 3.43. The van der Waals surface area contributed by atoms with Crippen LogP contribution in [0.15, 0.2) is 24.3 Å². The summed E-state index contributed by atoms with van der Waals surface area (Å²) < 4.78 is 5.07. The zero-order valence-electron chi connectivity index (χ0n) is 11.9. The average molecular weight is 299 g/mol. The van der Waals surface area contributed by atoms with Crippen LogP contribution in [0.25, 0.3) is 0 Å². The van der Waals surface area contributed by atoms with E-state index in [1.54, 1.807) is 7.11 Å². The molecule has 1 fully saturated rings. The average Bonchev–Trinajstić information content (AvgIpc) is 2.47. The number of carbonyl (C=O) groups excluding carboxylic acids is 1. The molecular weight excluding hydrogens is 276 g/mol. The summed E-state index contributed by atoms with van der Waals surface area (Å²) in [7, 11) is 1.69. The van der Waals surface area contributed by atoms with Gasteiger partial charge in [0.2, 0.25) is 5.91 Å². The summed E-state index contributed by atoms with van der Waals surface area (Å²) in [5.74, 6) is 0.112. The largest absolute Gasteiger partial charge is 0.380 e. The predicted molar refractivity (Wildman–Crippen MR) is 81.9 cm³/mol. The van der Waals surface area contributed by atoms with Crippen LogP contribution >= 0.6 is 12.4 Å². The Balaban J connectivity index is 0.00000200. The van der Waals surface area contributed by atoms with Gasteiger partial charge in [-0.3, -0.25) is 4.79 Å². The molecule has 1 aromatic rings. The highest BCUT2D eigenvalue weighted by molar-refractivity contribution is 5.85. The number of benzene rings is 1. The van der Waals surface area contributed by atoms with Crippen LogP contribution in [0.4, 0.5) is 0 Å². The third-order valence-corrected chi connectivity index (χ3v) is 3.43. The van der Waals surface area contributed by atoms with E-state index in [9.17, 15) is 4.79 Å². The molecule has 0 bridgehead atoms.